The molecule has 0 radical (unpaired) electrons. The SMILES string of the molecule is C[C@H](Sc1n[nH]c(-c2ccc(Cl)cc2)n1)C(=O)NC(C)(C)C. The highest BCUT2D eigenvalue weighted by Gasteiger charge is 2.21. The maximum Gasteiger partial charge on any atom is 0.233 e. The normalized spacial score (nSPS) is 13.0. The molecule has 118 valence electrons. The molecule has 0 aliphatic heterocycles. The van der Waals surface area contributed by atoms with Crippen LogP contribution in [0, 0.1) is 0 Å². The maximum atomic E-state index is 12.1. The van der Waals surface area contributed by atoms with E-state index in [4.69, 9.17) is 11.6 Å². The summed E-state index contributed by atoms with van der Waals surface area (Å²) in [6.45, 7) is 7.69. The van der Waals surface area contributed by atoms with Crippen molar-refractivity contribution in [2.24, 2.45) is 0 Å². The fourth-order valence-corrected chi connectivity index (χ4v) is 2.57. The third kappa shape index (κ3) is 4.74. The van der Waals surface area contributed by atoms with Gasteiger partial charge in [0.25, 0.3) is 0 Å². The van der Waals surface area contributed by atoms with Crippen LogP contribution in [0.5, 0.6) is 0 Å². The molecule has 2 N–H and O–H groups in total. The zero-order valence-electron chi connectivity index (χ0n) is 13.0. The standard InChI is InChI=1S/C15H19ClN4OS/c1-9(13(21)18-15(2,3)4)22-14-17-12(19-20-14)10-5-7-11(16)8-6-10/h5-9H,1-4H3,(H,18,21)(H,17,19,20)/t9-/m0/s1. The summed E-state index contributed by atoms with van der Waals surface area (Å²) < 4.78 is 0. The summed E-state index contributed by atoms with van der Waals surface area (Å²) in [4.78, 5) is 16.5. The predicted octanol–water partition coefficient (Wildman–Crippen LogP) is 3.52. The minimum Gasteiger partial charge on any atom is -0.351 e. The van der Waals surface area contributed by atoms with Crippen LogP contribution in [0.15, 0.2) is 29.4 Å². The lowest BCUT2D eigenvalue weighted by molar-refractivity contribution is -0.121. The quantitative estimate of drug-likeness (QED) is 0.837. The summed E-state index contributed by atoms with van der Waals surface area (Å²) in [5, 5.41) is 10.9. The van der Waals surface area contributed by atoms with Gasteiger partial charge in [0.2, 0.25) is 11.1 Å². The summed E-state index contributed by atoms with van der Waals surface area (Å²) in [5.74, 6) is 0.623. The van der Waals surface area contributed by atoms with E-state index in [9.17, 15) is 4.79 Å². The molecule has 1 amide bonds. The van der Waals surface area contributed by atoms with Crippen LogP contribution in [0.25, 0.3) is 11.4 Å². The van der Waals surface area contributed by atoms with Gasteiger partial charge in [0.15, 0.2) is 5.82 Å². The first-order valence-corrected chi connectivity index (χ1v) is 8.17. The number of nitrogens with zero attached hydrogens (tertiary/aromatic N) is 2. The number of halogens is 1. The van der Waals surface area contributed by atoms with Gasteiger partial charge in [-0.25, -0.2) is 4.98 Å². The number of carbonyl (C=O) groups is 1. The van der Waals surface area contributed by atoms with E-state index in [2.05, 4.69) is 20.5 Å². The first-order valence-electron chi connectivity index (χ1n) is 6.91. The number of hydrogen-bond acceptors (Lipinski definition) is 4. The molecule has 0 unspecified atom stereocenters. The molecule has 0 fully saturated rings. The minimum atomic E-state index is -0.270. The van der Waals surface area contributed by atoms with Crippen molar-refractivity contribution in [3.8, 4) is 11.4 Å². The van der Waals surface area contributed by atoms with Crippen LogP contribution in [0.2, 0.25) is 5.02 Å². The van der Waals surface area contributed by atoms with Crippen molar-refractivity contribution < 1.29 is 4.79 Å². The van der Waals surface area contributed by atoms with E-state index in [0.29, 0.717) is 16.0 Å². The minimum absolute atomic E-state index is 0.0321. The monoisotopic (exact) mass is 338 g/mol. The Morgan fingerprint density at radius 3 is 2.55 bits per heavy atom. The molecule has 0 aliphatic rings. The maximum absolute atomic E-state index is 12.1. The second-order valence-corrected chi connectivity index (χ2v) is 7.72. The Morgan fingerprint density at radius 1 is 1.32 bits per heavy atom. The first-order chi connectivity index (χ1) is 10.2. The molecule has 0 saturated carbocycles. The zero-order chi connectivity index (χ0) is 16.3. The van der Waals surface area contributed by atoms with Crippen molar-refractivity contribution in [3.63, 3.8) is 0 Å². The second-order valence-electron chi connectivity index (χ2n) is 5.97. The van der Waals surface area contributed by atoms with E-state index in [1.807, 2.05) is 39.8 Å². The van der Waals surface area contributed by atoms with Crippen molar-refractivity contribution in [1.29, 1.82) is 0 Å². The largest absolute Gasteiger partial charge is 0.351 e. The van der Waals surface area contributed by atoms with Gasteiger partial charge in [-0.2, -0.15) is 0 Å². The van der Waals surface area contributed by atoms with E-state index in [-0.39, 0.29) is 16.7 Å². The lowest BCUT2D eigenvalue weighted by atomic mass is 10.1. The van der Waals surface area contributed by atoms with E-state index in [1.54, 1.807) is 12.1 Å². The van der Waals surface area contributed by atoms with E-state index >= 15 is 0 Å². The predicted molar refractivity (Wildman–Crippen MR) is 90.0 cm³/mol. The number of rotatable bonds is 4. The number of H-pyrrole nitrogens is 1. The number of thioether (sulfide) groups is 1. The molecule has 5 nitrogen and oxygen atoms in total. The third-order valence-corrected chi connectivity index (χ3v) is 3.95. The summed E-state index contributed by atoms with van der Waals surface area (Å²) in [5.41, 5.74) is 0.648. The Bertz CT molecular complexity index is 648. The molecule has 0 spiro atoms. The fourth-order valence-electron chi connectivity index (χ4n) is 1.72. The van der Waals surface area contributed by atoms with E-state index in [0.717, 1.165) is 5.56 Å². The fraction of sp³-hybridized carbons (Fsp3) is 0.400. The van der Waals surface area contributed by atoms with Crippen molar-refractivity contribution in [1.82, 2.24) is 20.5 Å². The first kappa shape index (κ1) is 16.8. The Kier molecular flexibility index (Phi) is 5.13. The molecule has 0 aliphatic carbocycles. The Labute approximate surface area is 139 Å². The number of amides is 1. The average molecular weight is 339 g/mol. The molecule has 2 rings (SSSR count). The van der Waals surface area contributed by atoms with Crippen LogP contribution in [-0.2, 0) is 4.79 Å². The molecular formula is C15H19ClN4OS. The van der Waals surface area contributed by atoms with Crippen LogP contribution < -0.4 is 5.32 Å². The highest BCUT2D eigenvalue weighted by atomic mass is 35.5. The molecule has 1 aromatic carbocycles. The van der Waals surface area contributed by atoms with E-state index < -0.39 is 0 Å². The van der Waals surface area contributed by atoms with Gasteiger partial charge in [-0.1, -0.05) is 23.4 Å². The van der Waals surface area contributed by atoms with Crippen LogP contribution in [0.1, 0.15) is 27.7 Å². The number of aromatic nitrogens is 3. The average Bonchev–Trinajstić information content (AvgIpc) is 2.86. The van der Waals surface area contributed by atoms with Crippen LogP contribution in [0.3, 0.4) is 0 Å². The molecule has 1 atom stereocenters. The molecule has 1 heterocycles. The molecule has 7 heteroatoms. The Hall–Kier alpha value is -1.53. The molecule has 0 bridgehead atoms. The molecule has 2 aromatic rings. The Balaban J connectivity index is 2.03. The number of benzene rings is 1. The van der Waals surface area contributed by atoms with Crippen LogP contribution in [-0.4, -0.2) is 31.9 Å². The van der Waals surface area contributed by atoms with Gasteiger partial charge in [0.1, 0.15) is 0 Å². The molecular weight excluding hydrogens is 320 g/mol. The lowest BCUT2D eigenvalue weighted by Crippen LogP contribution is -2.44. The summed E-state index contributed by atoms with van der Waals surface area (Å²) in [7, 11) is 0. The van der Waals surface area contributed by atoms with Gasteiger partial charge in [0, 0.05) is 16.1 Å². The highest BCUT2D eigenvalue weighted by Crippen LogP contribution is 2.24. The molecule has 22 heavy (non-hydrogen) atoms. The number of carbonyl (C=O) groups excluding carboxylic acids is 1. The Morgan fingerprint density at radius 2 is 1.95 bits per heavy atom. The third-order valence-electron chi connectivity index (χ3n) is 2.73. The summed E-state index contributed by atoms with van der Waals surface area (Å²) in [6, 6.07) is 7.33. The van der Waals surface area contributed by atoms with Crippen LogP contribution in [0.4, 0.5) is 0 Å². The van der Waals surface area contributed by atoms with Crippen molar-refractivity contribution in [2.45, 2.75) is 43.6 Å². The van der Waals surface area contributed by atoms with Crippen LogP contribution >= 0.6 is 23.4 Å². The van der Waals surface area contributed by atoms with Crippen molar-refractivity contribution >= 4 is 29.3 Å². The zero-order valence-corrected chi connectivity index (χ0v) is 14.5. The number of aromatic amines is 1. The van der Waals surface area contributed by atoms with Gasteiger partial charge < -0.3 is 5.32 Å². The van der Waals surface area contributed by atoms with Crippen molar-refractivity contribution in [2.75, 3.05) is 0 Å². The number of hydrogen-bond donors (Lipinski definition) is 2. The van der Waals surface area contributed by atoms with Gasteiger partial charge in [-0.3, -0.25) is 9.89 Å². The van der Waals surface area contributed by atoms with Gasteiger partial charge in [0.05, 0.1) is 5.25 Å². The summed E-state index contributed by atoms with van der Waals surface area (Å²) >= 11 is 7.19. The number of nitrogens with one attached hydrogen (secondary N) is 2. The van der Waals surface area contributed by atoms with Gasteiger partial charge in [-0.15, -0.1) is 5.10 Å². The van der Waals surface area contributed by atoms with E-state index in [1.165, 1.54) is 11.8 Å². The van der Waals surface area contributed by atoms with Crippen molar-refractivity contribution in [3.05, 3.63) is 29.3 Å². The molecule has 0 saturated heterocycles. The van der Waals surface area contributed by atoms with Gasteiger partial charge in [-0.05, 0) is 52.0 Å². The van der Waals surface area contributed by atoms with Gasteiger partial charge >= 0.3 is 0 Å². The summed E-state index contributed by atoms with van der Waals surface area (Å²) in [6.07, 6.45) is 0. The second kappa shape index (κ2) is 6.71. The smallest absolute Gasteiger partial charge is 0.233 e. The topological polar surface area (TPSA) is 70.7 Å². The lowest BCUT2D eigenvalue weighted by Gasteiger charge is -2.22. The highest BCUT2D eigenvalue weighted by molar-refractivity contribution is 8.00. The molecule has 1 aromatic heterocycles.